The molecule has 1 saturated heterocycles. The Morgan fingerprint density at radius 1 is 1.45 bits per heavy atom. The first-order valence-corrected chi connectivity index (χ1v) is 9.22. The van der Waals surface area contributed by atoms with Crippen LogP contribution in [-0.4, -0.2) is 46.1 Å². The van der Waals surface area contributed by atoms with E-state index in [1.165, 1.54) is 17.5 Å². The fourth-order valence-electron chi connectivity index (χ4n) is 2.57. The molecule has 0 N–H and O–H groups in total. The van der Waals surface area contributed by atoms with E-state index < -0.39 is 10.0 Å². The molecule has 0 radical (unpaired) electrons. The lowest BCUT2D eigenvalue weighted by Crippen LogP contribution is -2.36. The average molecular weight is 348 g/mol. The number of rotatable bonds is 7. The second-order valence-corrected chi connectivity index (χ2v) is 7.73. The van der Waals surface area contributed by atoms with Gasteiger partial charge in [-0.1, -0.05) is 18.5 Å². The molecule has 124 valence electrons. The summed E-state index contributed by atoms with van der Waals surface area (Å²) in [4.78, 5) is 0.120. The summed E-state index contributed by atoms with van der Waals surface area (Å²) in [5.41, 5.74) is 0. The topological polar surface area (TPSA) is 55.8 Å². The summed E-state index contributed by atoms with van der Waals surface area (Å²) in [5, 5.41) is 0.375. The molecule has 2 rings (SSSR count). The monoisotopic (exact) mass is 347 g/mol. The third kappa shape index (κ3) is 3.93. The number of nitrogens with zero attached hydrogens (tertiary/aromatic N) is 1. The summed E-state index contributed by atoms with van der Waals surface area (Å²) in [6.07, 6.45) is 1.64. The van der Waals surface area contributed by atoms with Gasteiger partial charge in [-0.05, 0) is 37.0 Å². The summed E-state index contributed by atoms with van der Waals surface area (Å²) in [5.74, 6) is 0.555. The van der Waals surface area contributed by atoms with Crippen molar-refractivity contribution in [2.45, 2.75) is 24.7 Å². The van der Waals surface area contributed by atoms with Crippen molar-refractivity contribution in [3.8, 4) is 5.75 Å². The van der Waals surface area contributed by atoms with Crippen molar-refractivity contribution in [3.05, 3.63) is 23.2 Å². The molecule has 1 fully saturated rings. The molecule has 22 heavy (non-hydrogen) atoms. The van der Waals surface area contributed by atoms with Gasteiger partial charge in [-0.15, -0.1) is 0 Å². The van der Waals surface area contributed by atoms with Gasteiger partial charge in [-0.3, -0.25) is 0 Å². The fraction of sp³-hybridized carbons (Fsp3) is 0.600. The van der Waals surface area contributed by atoms with Crippen LogP contribution in [0.1, 0.15) is 19.8 Å². The lowest BCUT2D eigenvalue weighted by molar-refractivity contribution is 0.180. The van der Waals surface area contributed by atoms with Gasteiger partial charge in [0.05, 0.1) is 13.7 Å². The Bertz CT molecular complexity index is 600. The standard InChI is InChI=1S/C15H22ClNO4S/c1-3-7-17(10-12-6-8-21-11-12)22(18,19)15-9-13(16)4-5-14(15)20-2/h4-5,9,12H,3,6-8,10-11H2,1-2H3. The van der Waals surface area contributed by atoms with E-state index in [4.69, 9.17) is 21.1 Å². The van der Waals surface area contributed by atoms with Crippen molar-refractivity contribution < 1.29 is 17.9 Å². The van der Waals surface area contributed by atoms with Gasteiger partial charge in [-0.2, -0.15) is 4.31 Å². The molecule has 0 amide bonds. The largest absolute Gasteiger partial charge is 0.495 e. The van der Waals surface area contributed by atoms with Crippen LogP contribution in [0.3, 0.4) is 0 Å². The highest BCUT2D eigenvalue weighted by molar-refractivity contribution is 7.89. The van der Waals surface area contributed by atoms with Crippen molar-refractivity contribution in [2.24, 2.45) is 5.92 Å². The SMILES string of the molecule is CCCN(CC1CCOC1)S(=O)(=O)c1cc(Cl)ccc1OC. The predicted molar refractivity (Wildman–Crippen MR) is 86.0 cm³/mol. The van der Waals surface area contributed by atoms with Gasteiger partial charge < -0.3 is 9.47 Å². The van der Waals surface area contributed by atoms with Crippen molar-refractivity contribution in [2.75, 3.05) is 33.4 Å². The number of hydrogen-bond acceptors (Lipinski definition) is 4. The van der Waals surface area contributed by atoms with Crippen LogP contribution in [-0.2, 0) is 14.8 Å². The number of methoxy groups -OCH3 is 1. The summed E-state index contributed by atoms with van der Waals surface area (Å²) >= 11 is 5.97. The molecule has 1 heterocycles. The van der Waals surface area contributed by atoms with Crippen LogP contribution in [0.15, 0.2) is 23.1 Å². The quantitative estimate of drug-likeness (QED) is 0.761. The molecule has 1 unspecified atom stereocenters. The second kappa shape index (κ2) is 7.64. The van der Waals surface area contributed by atoms with Gasteiger partial charge >= 0.3 is 0 Å². The van der Waals surface area contributed by atoms with Gasteiger partial charge in [0.15, 0.2) is 0 Å². The first-order chi connectivity index (χ1) is 10.5. The minimum Gasteiger partial charge on any atom is -0.495 e. The molecule has 0 aromatic heterocycles. The third-order valence-electron chi connectivity index (χ3n) is 3.70. The number of ether oxygens (including phenoxy) is 2. The summed E-state index contributed by atoms with van der Waals surface area (Å²) in [6.45, 7) is 4.21. The van der Waals surface area contributed by atoms with Crippen molar-refractivity contribution in [3.63, 3.8) is 0 Å². The molecular formula is C15H22ClNO4S. The van der Waals surface area contributed by atoms with Crippen LogP contribution in [0.5, 0.6) is 5.75 Å². The zero-order valence-corrected chi connectivity index (χ0v) is 14.5. The third-order valence-corrected chi connectivity index (χ3v) is 5.82. The molecular weight excluding hydrogens is 326 g/mol. The minimum atomic E-state index is -3.65. The molecule has 7 heteroatoms. The maximum Gasteiger partial charge on any atom is 0.246 e. The van der Waals surface area contributed by atoms with Gasteiger partial charge in [0, 0.05) is 24.7 Å². The van der Waals surface area contributed by atoms with Crippen molar-refractivity contribution >= 4 is 21.6 Å². The Kier molecular flexibility index (Phi) is 6.09. The molecule has 0 spiro atoms. The molecule has 1 aliphatic heterocycles. The molecule has 1 aromatic carbocycles. The Morgan fingerprint density at radius 3 is 2.82 bits per heavy atom. The first kappa shape index (κ1) is 17.5. The van der Waals surface area contributed by atoms with Crippen molar-refractivity contribution in [1.82, 2.24) is 4.31 Å². The van der Waals surface area contributed by atoms with Crippen LogP contribution in [0.4, 0.5) is 0 Å². The lowest BCUT2D eigenvalue weighted by atomic mass is 10.1. The highest BCUT2D eigenvalue weighted by Crippen LogP contribution is 2.30. The Labute approximate surface area is 137 Å². The van der Waals surface area contributed by atoms with Gasteiger partial charge in [0.25, 0.3) is 0 Å². The molecule has 5 nitrogen and oxygen atoms in total. The highest BCUT2D eigenvalue weighted by Gasteiger charge is 2.30. The maximum absolute atomic E-state index is 13.0. The lowest BCUT2D eigenvalue weighted by Gasteiger charge is -2.25. The van der Waals surface area contributed by atoms with E-state index in [9.17, 15) is 8.42 Å². The first-order valence-electron chi connectivity index (χ1n) is 7.40. The van der Waals surface area contributed by atoms with E-state index >= 15 is 0 Å². The molecule has 0 saturated carbocycles. The fourth-order valence-corrected chi connectivity index (χ4v) is 4.59. The minimum absolute atomic E-state index is 0.120. The smallest absolute Gasteiger partial charge is 0.246 e. The van der Waals surface area contributed by atoms with Crippen molar-refractivity contribution in [1.29, 1.82) is 0 Å². The average Bonchev–Trinajstić information content (AvgIpc) is 3.00. The molecule has 1 aliphatic rings. The van der Waals surface area contributed by atoms with Gasteiger partial charge in [0.2, 0.25) is 10.0 Å². The zero-order chi connectivity index (χ0) is 16.2. The molecule has 0 aliphatic carbocycles. The molecule has 1 aromatic rings. The summed E-state index contributed by atoms with van der Waals surface area (Å²) in [6, 6.07) is 4.65. The number of hydrogen-bond donors (Lipinski definition) is 0. The van der Waals surface area contributed by atoms with Crippen LogP contribution in [0.2, 0.25) is 5.02 Å². The summed E-state index contributed by atoms with van der Waals surface area (Å²) < 4.78 is 38.0. The van der Waals surface area contributed by atoms with E-state index in [0.717, 1.165) is 12.8 Å². The van der Waals surface area contributed by atoms with E-state index in [-0.39, 0.29) is 10.8 Å². The van der Waals surface area contributed by atoms with Crippen LogP contribution in [0.25, 0.3) is 0 Å². The Balaban J connectivity index is 2.33. The summed E-state index contributed by atoms with van der Waals surface area (Å²) in [7, 11) is -2.19. The normalized spacial score (nSPS) is 18.8. The van der Waals surface area contributed by atoms with E-state index in [1.807, 2.05) is 6.92 Å². The van der Waals surface area contributed by atoms with Crippen LogP contribution in [0, 0.1) is 5.92 Å². The van der Waals surface area contributed by atoms with Gasteiger partial charge in [-0.25, -0.2) is 8.42 Å². The van der Waals surface area contributed by atoms with E-state index in [2.05, 4.69) is 0 Å². The number of halogens is 1. The predicted octanol–water partition coefficient (Wildman–Crippen LogP) is 2.79. The Hall–Kier alpha value is -0.820. The zero-order valence-electron chi connectivity index (χ0n) is 12.9. The van der Waals surface area contributed by atoms with Crippen LogP contribution < -0.4 is 4.74 Å². The number of benzene rings is 1. The second-order valence-electron chi connectivity index (χ2n) is 5.39. The Morgan fingerprint density at radius 2 is 2.23 bits per heavy atom. The maximum atomic E-state index is 13.0. The number of sulfonamides is 1. The van der Waals surface area contributed by atoms with E-state index in [0.29, 0.717) is 37.1 Å². The highest BCUT2D eigenvalue weighted by atomic mass is 35.5. The van der Waals surface area contributed by atoms with Gasteiger partial charge in [0.1, 0.15) is 10.6 Å². The molecule has 1 atom stereocenters. The van der Waals surface area contributed by atoms with Crippen LogP contribution >= 0.6 is 11.6 Å². The van der Waals surface area contributed by atoms with E-state index in [1.54, 1.807) is 12.1 Å². The molecule has 0 bridgehead atoms.